The Hall–Kier alpha value is -3.98. The number of nitrogens with zero attached hydrogens (tertiary/aromatic N) is 7. The summed E-state index contributed by atoms with van der Waals surface area (Å²) in [5.41, 5.74) is 3.37. The highest BCUT2D eigenvalue weighted by Gasteiger charge is 2.35. The van der Waals surface area contributed by atoms with Gasteiger partial charge in [-0.25, -0.2) is 19.2 Å². The van der Waals surface area contributed by atoms with Crippen molar-refractivity contribution in [2.45, 2.75) is 50.1 Å². The average molecular weight is 634 g/mol. The van der Waals surface area contributed by atoms with E-state index in [1.165, 1.54) is 6.07 Å². The molecular formula is C29H27ClFN8O4Si. The number of halogens is 2. The van der Waals surface area contributed by atoms with Crippen molar-refractivity contribution in [3.05, 3.63) is 81.2 Å². The molecule has 0 aliphatic carbocycles. The van der Waals surface area contributed by atoms with Gasteiger partial charge in [-0.15, -0.1) is 0 Å². The van der Waals surface area contributed by atoms with E-state index in [1.54, 1.807) is 30.6 Å². The predicted molar refractivity (Wildman–Crippen MR) is 158 cm³/mol. The van der Waals surface area contributed by atoms with Crippen molar-refractivity contribution < 1.29 is 18.4 Å². The molecule has 3 radical (unpaired) electrons. The van der Waals surface area contributed by atoms with E-state index in [2.05, 4.69) is 49.3 Å². The van der Waals surface area contributed by atoms with Crippen LogP contribution in [0.1, 0.15) is 42.3 Å². The first-order chi connectivity index (χ1) is 21.3. The third-order valence-corrected chi connectivity index (χ3v) is 8.88. The zero-order chi connectivity index (χ0) is 30.3. The molecule has 44 heavy (non-hydrogen) atoms. The van der Waals surface area contributed by atoms with E-state index >= 15 is 0 Å². The number of fused-ring (bicyclic) bond motifs is 1. The number of aromatic nitrogens is 7. The van der Waals surface area contributed by atoms with Gasteiger partial charge < -0.3 is 14.0 Å². The molecule has 2 saturated heterocycles. The van der Waals surface area contributed by atoms with Crippen molar-refractivity contribution in [3.8, 4) is 17.5 Å². The van der Waals surface area contributed by atoms with Gasteiger partial charge >= 0.3 is 11.8 Å². The standard InChI is InChI=1S/C29H27ClFN8O4Si/c30-19-2-1-18(20(31)11-19)15-41-27-32-7-3-21(35-27)17-4-8-38(9-5-17)14-25-34-22-12-23(26-36-28(40)43-37-26)33-13-24(22)39(25)16-29(44)6-10-42-29/h1-3,7,11-13,17H,4-6,8-10,14-16H2,(H,36,37,40)/t29-/m1/s1. The number of aromatic amines is 1. The van der Waals surface area contributed by atoms with Crippen LogP contribution in [0.4, 0.5) is 4.39 Å². The lowest BCUT2D eigenvalue weighted by Gasteiger charge is -2.39. The fourth-order valence-electron chi connectivity index (χ4n) is 5.59. The van der Waals surface area contributed by atoms with Crippen molar-refractivity contribution in [1.29, 1.82) is 0 Å². The number of likely N-dealkylation sites (tertiary alicyclic amines) is 1. The Bertz CT molecular complexity index is 1870. The zero-order valence-electron chi connectivity index (χ0n) is 23.5. The number of rotatable bonds is 9. The molecule has 1 atom stereocenters. The Labute approximate surface area is 259 Å². The van der Waals surface area contributed by atoms with Gasteiger partial charge in [0.2, 0.25) is 5.82 Å². The van der Waals surface area contributed by atoms with Gasteiger partial charge in [0.1, 0.15) is 23.9 Å². The number of nitrogens with one attached hydrogen (secondary N) is 1. The van der Waals surface area contributed by atoms with Crippen LogP contribution in [0, 0.1) is 5.82 Å². The quantitative estimate of drug-likeness (QED) is 0.240. The fraction of sp³-hybridized carbons (Fsp3) is 0.379. The summed E-state index contributed by atoms with van der Waals surface area (Å²) in [6, 6.07) is 8.41. The lowest BCUT2D eigenvalue weighted by Crippen LogP contribution is -2.48. The number of piperidine rings is 1. The van der Waals surface area contributed by atoms with Crippen LogP contribution in [0.25, 0.3) is 22.6 Å². The molecule has 7 rings (SSSR count). The second-order valence-corrected chi connectivity index (χ2v) is 12.4. The Morgan fingerprint density at radius 1 is 1.18 bits per heavy atom. The lowest BCUT2D eigenvalue weighted by molar-refractivity contribution is -0.0947. The normalized spacial score (nSPS) is 19.3. The topological polar surface area (TPSA) is 137 Å². The molecule has 0 amide bonds. The van der Waals surface area contributed by atoms with Gasteiger partial charge in [0.15, 0.2) is 0 Å². The smallest absolute Gasteiger partial charge is 0.439 e. The van der Waals surface area contributed by atoms with Gasteiger partial charge in [-0.1, -0.05) is 22.8 Å². The van der Waals surface area contributed by atoms with Gasteiger partial charge in [0, 0.05) is 35.9 Å². The van der Waals surface area contributed by atoms with Crippen LogP contribution in [-0.4, -0.2) is 74.7 Å². The maximum Gasteiger partial charge on any atom is 0.439 e. The molecule has 4 aromatic heterocycles. The molecule has 0 unspecified atom stereocenters. The molecule has 15 heteroatoms. The number of ether oxygens (including phenoxy) is 2. The molecule has 0 saturated carbocycles. The first kappa shape index (κ1) is 28.8. The van der Waals surface area contributed by atoms with Crippen molar-refractivity contribution in [3.63, 3.8) is 0 Å². The maximum atomic E-state index is 14.1. The average Bonchev–Trinajstić information content (AvgIpc) is 3.59. The molecule has 12 nitrogen and oxygen atoms in total. The van der Waals surface area contributed by atoms with Crippen LogP contribution in [0.2, 0.25) is 5.02 Å². The summed E-state index contributed by atoms with van der Waals surface area (Å²) in [5.74, 6) is 0.325. The largest absolute Gasteiger partial charge is 0.458 e. The second-order valence-electron chi connectivity index (χ2n) is 11.0. The first-order valence-corrected chi connectivity index (χ1v) is 15.1. The summed E-state index contributed by atoms with van der Waals surface area (Å²) >= 11 is 5.85. The van der Waals surface area contributed by atoms with E-state index < -0.39 is 16.8 Å². The van der Waals surface area contributed by atoms with Crippen molar-refractivity contribution in [2.24, 2.45) is 0 Å². The molecular weight excluding hydrogens is 607 g/mol. The molecule has 6 heterocycles. The second kappa shape index (κ2) is 11.8. The summed E-state index contributed by atoms with van der Waals surface area (Å²) in [7, 11) is 3.81. The van der Waals surface area contributed by atoms with Crippen LogP contribution in [0.15, 0.2) is 52.0 Å². The Morgan fingerprint density at radius 3 is 2.75 bits per heavy atom. The highest BCUT2D eigenvalue weighted by Crippen LogP contribution is 2.31. The molecule has 1 N–H and O–H groups in total. The third-order valence-electron chi connectivity index (χ3n) is 8.09. The SMILES string of the molecule is O=c1[nH]c(-c2cc3nc(CN4CCC(c5ccnc(OCc6ccc(Cl)cc6F)n5)CC4)n(C[C@]4([Si])CCO4)c3cn2)no1. The molecule has 2 aliphatic rings. The first-order valence-electron chi connectivity index (χ1n) is 14.2. The zero-order valence-corrected chi connectivity index (χ0v) is 25.3. The molecule has 5 aromatic rings. The lowest BCUT2D eigenvalue weighted by atomic mass is 9.93. The van der Waals surface area contributed by atoms with E-state index in [4.69, 9.17) is 26.1 Å². The van der Waals surface area contributed by atoms with E-state index in [1.807, 2.05) is 6.07 Å². The van der Waals surface area contributed by atoms with Gasteiger partial charge in [-0.2, -0.15) is 4.98 Å². The monoisotopic (exact) mass is 633 g/mol. The number of pyridine rings is 1. The number of hydrogen-bond acceptors (Lipinski definition) is 10. The Kier molecular flexibility index (Phi) is 7.74. The summed E-state index contributed by atoms with van der Waals surface area (Å²) in [6.45, 7) is 3.64. The van der Waals surface area contributed by atoms with Crippen molar-refractivity contribution in [2.75, 3.05) is 19.7 Å². The number of benzene rings is 1. The van der Waals surface area contributed by atoms with Crippen LogP contribution in [-0.2, 0) is 24.4 Å². The van der Waals surface area contributed by atoms with E-state index in [9.17, 15) is 9.18 Å². The minimum atomic E-state index is -0.640. The predicted octanol–water partition coefficient (Wildman–Crippen LogP) is 3.60. The molecule has 2 fully saturated rings. The number of hydrogen-bond donors (Lipinski definition) is 1. The van der Waals surface area contributed by atoms with Gasteiger partial charge in [0.05, 0.1) is 44.9 Å². The van der Waals surface area contributed by atoms with Gasteiger partial charge in [-0.05, 0) is 56.6 Å². The van der Waals surface area contributed by atoms with E-state index in [0.29, 0.717) is 36.0 Å². The van der Waals surface area contributed by atoms with E-state index in [0.717, 1.165) is 54.9 Å². The highest BCUT2D eigenvalue weighted by atomic mass is 35.5. The number of H-pyrrole nitrogens is 1. The molecule has 1 aromatic carbocycles. The minimum Gasteiger partial charge on any atom is -0.458 e. The number of imidazole rings is 1. The van der Waals surface area contributed by atoms with Crippen molar-refractivity contribution in [1.82, 2.24) is 39.5 Å². The Balaban J connectivity index is 1.04. The van der Waals surface area contributed by atoms with Crippen molar-refractivity contribution >= 4 is 32.9 Å². The maximum absolute atomic E-state index is 14.1. The van der Waals surface area contributed by atoms with Crippen LogP contribution in [0.3, 0.4) is 0 Å². The van der Waals surface area contributed by atoms with Gasteiger partial charge in [0.25, 0.3) is 0 Å². The van der Waals surface area contributed by atoms with E-state index in [-0.39, 0.29) is 24.4 Å². The highest BCUT2D eigenvalue weighted by molar-refractivity contribution is 6.30. The molecule has 0 bridgehead atoms. The fourth-order valence-corrected chi connectivity index (χ4v) is 6.11. The van der Waals surface area contributed by atoms with Crippen LogP contribution in [0.5, 0.6) is 6.01 Å². The summed E-state index contributed by atoms with van der Waals surface area (Å²) < 4.78 is 32.5. The van der Waals surface area contributed by atoms with Gasteiger partial charge in [-0.3, -0.25) is 19.4 Å². The molecule has 225 valence electrons. The summed E-state index contributed by atoms with van der Waals surface area (Å²) in [5, 5.41) is 3.64. The van der Waals surface area contributed by atoms with Crippen LogP contribution < -0.4 is 10.5 Å². The summed E-state index contributed by atoms with van der Waals surface area (Å²) in [4.78, 5) is 34.7. The third kappa shape index (κ3) is 6.02. The van der Waals surface area contributed by atoms with Crippen LogP contribution >= 0.6 is 11.6 Å². The molecule has 0 spiro atoms. The minimum absolute atomic E-state index is 0.0139. The summed E-state index contributed by atoms with van der Waals surface area (Å²) in [6.07, 6.45) is 6.11. The molecule has 2 aliphatic heterocycles. The Morgan fingerprint density at radius 2 is 2.02 bits per heavy atom.